The highest BCUT2D eigenvalue weighted by Gasteiger charge is 2.17. The third-order valence-corrected chi connectivity index (χ3v) is 5.72. The standard InChI is InChI=1S/C17H18BrNOS/c18-11-13-7-4-5-8-14(13)19-17(20)16-10-12-6-2-1-3-9-15(12)21-16/h4-5,7-8,10H,1-3,6,9,11H2,(H,19,20). The quantitative estimate of drug-likeness (QED) is 0.591. The van der Waals surface area contributed by atoms with Gasteiger partial charge in [-0.1, -0.05) is 40.5 Å². The van der Waals surface area contributed by atoms with E-state index in [1.807, 2.05) is 24.3 Å². The number of carbonyl (C=O) groups is 1. The molecule has 1 aliphatic rings. The number of hydrogen-bond acceptors (Lipinski definition) is 2. The summed E-state index contributed by atoms with van der Waals surface area (Å²) in [5.41, 5.74) is 3.38. The highest BCUT2D eigenvalue weighted by Crippen LogP contribution is 2.29. The molecule has 1 aromatic heterocycles. The number of anilines is 1. The molecule has 0 spiro atoms. The van der Waals surface area contributed by atoms with Crippen molar-refractivity contribution >= 4 is 38.9 Å². The molecular formula is C17H18BrNOS. The van der Waals surface area contributed by atoms with Gasteiger partial charge < -0.3 is 5.32 Å². The summed E-state index contributed by atoms with van der Waals surface area (Å²) in [4.78, 5) is 14.7. The molecule has 1 heterocycles. The van der Waals surface area contributed by atoms with Crippen molar-refractivity contribution in [3.05, 3.63) is 51.2 Å². The van der Waals surface area contributed by atoms with Crippen LogP contribution in [0.1, 0.15) is 44.9 Å². The number of alkyl halides is 1. The van der Waals surface area contributed by atoms with Crippen molar-refractivity contribution in [3.63, 3.8) is 0 Å². The van der Waals surface area contributed by atoms with Crippen LogP contribution in [0.5, 0.6) is 0 Å². The van der Waals surface area contributed by atoms with Crippen molar-refractivity contribution in [2.45, 2.75) is 37.4 Å². The van der Waals surface area contributed by atoms with Crippen LogP contribution < -0.4 is 5.32 Å². The van der Waals surface area contributed by atoms with E-state index >= 15 is 0 Å². The van der Waals surface area contributed by atoms with Crippen molar-refractivity contribution in [1.29, 1.82) is 0 Å². The number of amides is 1. The molecule has 110 valence electrons. The lowest BCUT2D eigenvalue weighted by Crippen LogP contribution is -2.11. The third-order valence-electron chi connectivity index (χ3n) is 3.88. The first-order chi connectivity index (χ1) is 10.3. The van der Waals surface area contributed by atoms with Gasteiger partial charge in [0.1, 0.15) is 0 Å². The number of halogens is 1. The van der Waals surface area contributed by atoms with Crippen LogP contribution in [0.25, 0.3) is 0 Å². The summed E-state index contributed by atoms with van der Waals surface area (Å²) >= 11 is 5.13. The third kappa shape index (κ3) is 3.38. The first-order valence-electron chi connectivity index (χ1n) is 7.34. The summed E-state index contributed by atoms with van der Waals surface area (Å²) in [5.74, 6) is 0.0153. The maximum Gasteiger partial charge on any atom is 0.265 e. The van der Waals surface area contributed by atoms with E-state index < -0.39 is 0 Å². The second-order valence-electron chi connectivity index (χ2n) is 5.36. The molecule has 0 aliphatic heterocycles. The molecule has 0 bridgehead atoms. The Morgan fingerprint density at radius 2 is 2.00 bits per heavy atom. The van der Waals surface area contributed by atoms with Crippen LogP contribution >= 0.6 is 27.3 Å². The topological polar surface area (TPSA) is 29.1 Å². The predicted octanol–water partition coefficient (Wildman–Crippen LogP) is 5.16. The van der Waals surface area contributed by atoms with E-state index in [2.05, 4.69) is 27.3 Å². The van der Waals surface area contributed by atoms with Gasteiger partial charge in [0.25, 0.3) is 5.91 Å². The van der Waals surface area contributed by atoms with Crippen LogP contribution in [0, 0.1) is 0 Å². The Balaban J connectivity index is 1.79. The first kappa shape index (κ1) is 14.8. The van der Waals surface area contributed by atoms with Crippen LogP contribution in [-0.4, -0.2) is 5.91 Å². The van der Waals surface area contributed by atoms with Crippen LogP contribution in [0.2, 0.25) is 0 Å². The molecule has 0 fully saturated rings. The average molecular weight is 364 g/mol. The van der Waals surface area contributed by atoms with Crippen LogP contribution in [-0.2, 0) is 18.2 Å². The lowest BCUT2D eigenvalue weighted by Gasteiger charge is -2.08. The summed E-state index contributed by atoms with van der Waals surface area (Å²) in [6, 6.07) is 10.0. The maximum atomic E-state index is 12.5. The number of benzene rings is 1. The molecule has 21 heavy (non-hydrogen) atoms. The van der Waals surface area contributed by atoms with Gasteiger partial charge in [-0.2, -0.15) is 0 Å². The normalized spacial score (nSPS) is 14.3. The lowest BCUT2D eigenvalue weighted by atomic mass is 10.1. The zero-order chi connectivity index (χ0) is 14.7. The van der Waals surface area contributed by atoms with Crippen molar-refractivity contribution in [1.82, 2.24) is 0 Å². The lowest BCUT2D eigenvalue weighted by molar-refractivity contribution is 0.103. The molecule has 1 aliphatic carbocycles. The fraction of sp³-hybridized carbons (Fsp3) is 0.353. The van der Waals surface area contributed by atoms with Crippen molar-refractivity contribution in [2.24, 2.45) is 0 Å². The number of hydrogen-bond donors (Lipinski definition) is 1. The smallest absolute Gasteiger partial charge is 0.265 e. The summed E-state index contributed by atoms with van der Waals surface area (Å²) in [7, 11) is 0. The molecular weight excluding hydrogens is 346 g/mol. The first-order valence-corrected chi connectivity index (χ1v) is 9.28. The zero-order valence-corrected chi connectivity index (χ0v) is 14.2. The predicted molar refractivity (Wildman–Crippen MR) is 92.6 cm³/mol. The van der Waals surface area contributed by atoms with Gasteiger partial charge in [0.2, 0.25) is 0 Å². The summed E-state index contributed by atoms with van der Waals surface area (Å²) in [5, 5.41) is 3.78. The summed E-state index contributed by atoms with van der Waals surface area (Å²) in [6.45, 7) is 0. The second kappa shape index (κ2) is 6.75. The molecule has 4 heteroatoms. The second-order valence-corrected chi connectivity index (χ2v) is 7.06. The fourth-order valence-electron chi connectivity index (χ4n) is 2.72. The highest BCUT2D eigenvalue weighted by molar-refractivity contribution is 9.08. The van der Waals surface area contributed by atoms with Crippen LogP contribution in [0.15, 0.2) is 30.3 Å². The number of aryl methyl sites for hydroxylation is 2. The monoisotopic (exact) mass is 363 g/mol. The van der Waals surface area contributed by atoms with E-state index in [4.69, 9.17) is 0 Å². The molecule has 2 nitrogen and oxygen atoms in total. The Hall–Kier alpha value is -1.13. The number of nitrogens with one attached hydrogen (secondary N) is 1. The Labute approximate surface area is 137 Å². The van der Waals surface area contributed by atoms with Gasteiger partial charge in [-0.05, 0) is 48.9 Å². The van der Waals surface area contributed by atoms with E-state index in [0.29, 0.717) is 0 Å². The summed E-state index contributed by atoms with van der Waals surface area (Å²) < 4.78 is 0. The molecule has 0 saturated carbocycles. The maximum absolute atomic E-state index is 12.5. The van der Waals surface area contributed by atoms with E-state index in [-0.39, 0.29) is 5.91 Å². The van der Waals surface area contributed by atoms with Gasteiger partial charge in [0, 0.05) is 15.9 Å². The molecule has 3 rings (SSSR count). The van der Waals surface area contributed by atoms with E-state index in [1.165, 1.54) is 29.7 Å². The van der Waals surface area contributed by atoms with E-state index in [1.54, 1.807) is 11.3 Å². The molecule has 0 saturated heterocycles. The van der Waals surface area contributed by atoms with Crippen molar-refractivity contribution < 1.29 is 4.79 Å². The van der Waals surface area contributed by atoms with E-state index in [0.717, 1.165) is 34.3 Å². The van der Waals surface area contributed by atoms with E-state index in [9.17, 15) is 4.79 Å². The number of carbonyl (C=O) groups excluding carboxylic acids is 1. The average Bonchev–Trinajstić information content (AvgIpc) is 2.79. The highest BCUT2D eigenvalue weighted by atomic mass is 79.9. The van der Waals surface area contributed by atoms with Gasteiger partial charge >= 0.3 is 0 Å². The number of para-hydroxylation sites is 1. The minimum absolute atomic E-state index is 0.0153. The molecule has 0 unspecified atom stereocenters. The number of fused-ring (bicyclic) bond motifs is 1. The SMILES string of the molecule is O=C(Nc1ccccc1CBr)c1cc2c(s1)CCCCC2. The largest absolute Gasteiger partial charge is 0.321 e. The minimum Gasteiger partial charge on any atom is -0.321 e. The molecule has 0 radical (unpaired) electrons. The molecule has 1 aromatic carbocycles. The molecule has 2 aromatic rings. The molecule has 1 N–H and O–H groups in total. The minimum atomic E-state index is 0.0153. The fourth-order valence-corrected chi connectivity index (χ4v) is 4.36. The van der Waals surface area contributed by atoms with Gasteiger partial charge in [0.15, 0.2) is 0 Å². The Morgan fingerprint density at radius 3 is 2.86 bits per heavy atom. The number of rotatable bonds is 3. The zero-order valence-electron chi connectivity index (χ0n) is 11.8. The Kier molecular flexibility index (Phi) is 4.76. The Morgan fingerprint density at radius 1 is 1.19 bits per heavy atom. The molecule has 1 amide bonds. The molecule has 0 atom stereocenters. The van der Waals surface area contributed by atoms with Crippen molar-refractivity contribution in [3.8, 4) is 0 Å². The van der Waals surface area contributed by atoms with Gasteiger partial charge in [-0.15, -0.1) is 11.3 Å². The van der Waals surface area contributed by atoms with Crippen molar-refractivity contribution in [2.75, 3.05) is 5.32 Å². The Bertz CT molecular complexity index is 626. The number of thiophene rings is 1. The van der Waals surface area contributed by atoms with Gasteiger partial charge in [-0.25, -0.2) is 0 Å². The van der Waals surface area contributed by atoms with Gasteiger partial charge in [0.05, 0.1) is 4.88 Å². The van der Waals surface area contributed by atoms with Crippen LogP contribution in [0.3, 0.4) is 0 Å². The summed E-state index contributed by atoms with van der Waals surface area (Å²) in [6.07, 6.45) is 6.06. The van der Waals surface area contributed by atoms with Crippen LogP contribution in [0.4, 0.5) is 5.69 Å². The van der Waals surface area contributed by atoms with Gasteiger partial charge in [-0.3, -0.25) is 4.79 Å².